The van der Waals surface area contributed by atoms with Crippen LogP contribution in [0.25, 0.3) is 0 Å². The van der Waals surface area contributed by atoms with E-state index in [9.17, 15) is 4.79 Å². The molecule has 0 radical (unpaired) electrons. The zero-order chi connectivity index (χ0) is 15.0. The minimum Gasteiger partial charge on any atom is -0.369 e. The maximum absolute atomic E-state index is 11.7. The summed E-state index contributed by atoms with van der Waals surface area (Å²) in [7, 11) is 0. The average Bonchev–Trinajstić information content (AvgIpc) is 2.34. The molecule has 1 amide bonds. The van der Waals surface area contributed by atoms with E-state index < -0.39 is 0 Å². The normalized spacial score (nSPS) is 11.0. The third kappa shape index (κ3) is 6.92. The first-order valence-electron chi connectivity index (χ1n) is 7.01. The van der Waals surface area contributed by atoms with Gasteiger partial charge < -0.3 is 16.0 Å². The summed E-state index contributed by atoms with van der Waals surface area (Å²) < 4.78 is 0. The van der Waals surface area contributed by atoms with Crippen LogP contribution in [-0.2, 0) is 4.79 Å². The molecule has 0 aliphatic rings. The van der Waals surface area contributed by atoms with Gasteiger partial charge in [0, 0.05) is 25.0 Å². The molecule has 0 saturated carbocycles. The lowest BCUT2D eigenvalue weighted by molar-refractivity contribution is -0.122. The lowest BCUT2D eigenvalue weighted by atomic mass is 10.1. The van der Waals surface area contributed by atoms with Crippen molar-refractivity contribution in [2.75, 3.05) is 23.7 Å². The molecule has 6 nitrogen and oxygen atoms in total. The molecule has 0 saturated heterocycles. The van der Waals surface area contributed by atoms with Crippen LogP contribution in [0.2, 0.25) is 0 Å². The number of carbonyl (C=O) groups excluding carboxylic acids is 1. The van der Waals surface area contributed by atoms with Gasteiger partial charge in [-0.15, -0.1) is 0 Å². The van der Waals surface area contributed by atoms with Crippen LogP contribution in [0.1, 0.15) is 40.5 Å². The predicted octanol–water partition coefficient (Wildman–Crippen LogP) is 2.02. The molecule has 0 aliphatic carbocycles. The van der Waals surface area contributed by atoms with Gasteiger partial charge in [-0.1, -0.05) is 6.92 Å². The van der Waals surface area contributed by atoms with E-state index in [0.29, 0.717) is 18.8 Å². The van der Waals surface area contributed by atoms with E-state index >= 15 is 0 Å². The minimum absolute atomic E-state index is 0.0261. The lowest BCUT2D eigenvalue weighted by Crippen LogP contribution is -2.41. The number of amides is 1. The van der Waals surface area contributed by atoms with Crippen LogP contribution in [0.3, 0.4) is 0 Å². The number of hydrogen-bond donors (Lipinski definition) is 3. The van der Waals surface area contributed by atoms with Crippen molar-refractivity contribution in [1.82, 2.24) is 15.3 Å². The van der Waals surface area contributed by atoms with Crippen LogP contribution in [0.5, 0.6) is 0 Å². The highest BCUT2D eigenvalue weighted by Crippen LogP contribution is 2.06. The van der Waals surface area contributed by atoms with Gasteiger partial charge >= 0.3 is 0 Å². The Kier molecular flexibility index (Phi) is 6.21. The van der Waals surface area contributed by atoms with Gasteiger partial charge in [0.05, 0.1) is 12.4 Å². The number of aromatic nitrogens is 2. The van der Waals surface area contributed by atoms with Gasteiger partial charge in [0.2, 0.25) is 5.91 Å². The Hall–Kier alpha value is -1.85. The molecule has 0 spiro atoms. The van der Waals surface area contributed by atoms with Gasteiger partial charge in [0.1, 0.15) is 11.6 Å². The third-order valence-corrected chi connectivity index (χ3v) is 2.36. The van der Waals surface area contributed by atoms with Gasteiger partial charge in [-0.3, -0.25) is 9.78 Å². The molecule has 0 aromatic carbocycles. The molecule has 3 N–H and O–H groups in total. The molecule has 1 aromatic rings. The number of nitrogens with one attached hydrogen (secondary N) is 3. The highest BCUT2D eigenvalue weighted by Gasteiger charge is 2.12. The molecule has 112 valence electrons. The van der Waals surface area contributed by atoms with Crippen LogP contribution < -0.4 is 16.0 Å². The van der Waals surface area contributed by atoms with Gasteiger partial charge in [0.15, 0.2) is 0 Å². The molecule has 0 aliphatic heterocycles. The maximum Gasteiger partial charge on any atom is 0.222 e. The second-order valence-corrected chi connectivity index (χ2v) is 5.69. The number of carbonyl (C=O) groups is 1. The van der Waals surface area contributed by atoms with Crippen molar-refractivity contribution >= 4 is 17.5 Å². The van der Waals surface area contributed by atoms with Crippen molar-refractivity contribution < 1.29 is 4.79 Å². The summed E-state index contributed by atoms with van der Waals surface area (Å²) in [6.45, 7) is 9.39. The molecule has 0 bridgehead atoms. The van der Waals surface area contributed by atoms with Crippen LogP contribution in [0.4, 0.5) is 11.6 Å². The van der Waals surface area contributed by atoms with E-state index in [1.54, 1.807) is 12.4 Å². The largest absolute Gasteiger partial charge is 0.369 e. The van der Waals surface area contributed by atoms with E-state index in [1.807, 2.05) is 20.8 Å². The molecular weight excluding hydrogens is 254 g/mol. The van der Waals surface area contributed by atoms with Crippen LogP contribution in [0.15, 0.2) is 12.4 Å². The Labute approximate surface area is 120 Å². The van der Waals surface area contributed by atoms with Gasteiger partial charge in [-0.25, -0.2) is 4.98 Å². The average molecular weight is 279 g/mol. The standard InChI is InChI=1S/C14H25N5O/c1-5-7-16-11-9-15-10-12(18-11)17-8-6-13(20)19-14(2,3)4/h9-10H,5-8H2,1-4H3,(H,19,20)(H2,16,17,18). The number of anilines is 2. The second-order valence-electron chi connectivity index (χ2n) is 5.69. The summed E-state index contributed by atoms with van der Waals surface area (Å²) >= 11 is 0. The smallest absolute Gasteiger partial charge is 0.222 e. The zero-order valence-corrected chi connectivity index (χ0v) is 12.8. The summed E-state index contributed by atoms with van der Waals surface area (Å²) in [5.74, 6) is 1.45. The summed E-state index contributed by atoms with van der Waals surface area (Å²) in [5.41, 5.74) is -0.194. The first-order valence-corrected chi connectivity index (χ1v) is 7.01. The highest BCUT2D eigenvalue weighted by atomic mass is 16.1. The molecule has 0 unspecified atom stereocenters. The van der Waals surface area contributed by atoms with Crippen LogP contribution in [-0.4, -0.2) is 34.5 Å². The van der Waals surface area contributed by atoms with Crippen LogP contribution >= 0.6 is 0 Å². The molecule has 1 heterocycles. The van der Waals surface area contributed by atoms with E-state index in [-0.39, 0.29) is 11.4 Å². The number of nitrogens with zero attached hydrogens (tertiary/aromatic N) is 2. The fourth-order valence-electron chi connectivity index (χ4n) is 1.57. The van der Waals surface area contributed by atoms with E-state index in [4.69, 9.17) is 0 Å². The van der Waals surface area contributed by atoms with E-state index in [2.05, 4.69) is 32.8 Å². The first-order chi connectivity index (χ1) is 9.40. The van der Waals surface area contributed by atoms with Gasteiger partial charge in [0.25, 0.3) is 0 Å². The van der Waals surface area contributed by atoms with Gasteiger partial charge in [-0.2, -0.15) is 0 Å². The second kappa shape index (κ2) is 7.67. The zero-order valence-electron chi connectivity index (χ0n) is 12.8. The number of hydrogen-bond acceptors (Lipinski definition) is 5. The topological polar surface area (TPSA) is 78.9 Å². The molecule has 1 rings (SSSR count). The Morgan fingerprint density at radius 3 is 2.30 bits per heavy atom. The lowest BCUT2D eigenvalue weighted by Gasteiger charge is -2.20. The summed E-state index contributed by atoms with van der Waals surface area (Å²) in [6.07, 6.45) is 4.78. The predicted molar refractivity (Wildman–Crippen MR) is 81.8 cm³/mol. The van der Waals surface area contributed by atoms with Crippen molar-refractivity contribution in [3.8, 4) is 0 Å². The molecular formula is C14H25N5O. The molecule has 1 aromatic heterocycles. The Morgan fingerprint density at radius 1 is 1.15 bits per heavy atom. The van der Waals surface area contributed by atoms with Crippen molar-refractivity contribution in [3.63, 3.8) is 0 Å². The molecule has 0 fully saturated rings. The monoisotopic (exact) mass is 279 g/mol. The summed E-state index contributed by atoms with van der Waals surface area (Å²) in [6, 6.07) is 0. The van der Waals surface area contributed by atoms with Crippen molar-refractivity contribution in [1.29, 1.82) is 0 Å². The van der Waals surface area contributed by atoms with Crippen molar-refractivity contribution in [3.05, 3.63) is 12.4 Å². The first kappa shape index (κ1) is 16.2. The Balaban J connectivity index is 2.36. The molecule has 6 heteroatoms. The molecule has 20 heavy (non-hydrogen) atoms. The summed E-state index contributed by atoms with van der Waals surface area (Å²) in [5, 5.41) is 9.19. The third-order valence-electron chi connectivity index (χ3n) is 2.36. The highest BCUT2D eigenvalue weighted by molar-refractivity contribution is 5.77. The van der Waals surface area contributed by atoms with Gasteiger partial charge in [-0.05, 0) is 27.2 Å². The van der Waals surface area contributed by atoms with E-state index in [0.717, 1.165) is 18.8 Å². The number of rotatable bonds is 7. The quantitative estimate of drug-likeness (QED) is 0.711. The minimum atomic E-state index is -0.194. The van der Waals surface area contributed by atoms with E-state index in [1.165, 1.54) is 0 Å². The SMILES string of the molecule is CCCNc1cncc(NCCC(=O)NC(C)(C)C)n1. The maximum atomic E-state index is 11.7. The fraction of sp³-hybridized carbons (Fsp3) is 0.643. The fourth-order valence-corrected chi connectivity index (χ4v) is 1.57. The van der Waals surface area contributed by atoms with Crippen molar-refractivity contribution in [2.24, 2.45) is 0 Å². The van der Waals surface area contributed by atoms with Crippen molar-refractivity contribution in [2.45, 2.75) is 46.1 Å². The Morgan fingerprint density at radius 2 is 1.75 bits per heavy atom. The molecule has 0 atom stereocenters. The Bertz CT molecular complexity index is 428. The van der Waals surface area contributed by atoms with Crippen LogP contribution in [0, 0.1) is 0 Å². The summed E-state index contributed by atoms with van der Waals surface area (Å²) in [4.78, 5) is 20.1.